The first kappa shape index (κ1) is 24.7. The lowest BCUT2D eigenvalue weighted by atomic mass is 9.96. The summed E-state index contributed by atoms with van der Waals surface area (Å²) in [5, 5.41) is 14.1. The Hall–Kier alpha value is -2.46. The van der Waals surface area contributed by atoms with Gasteiger partial charge in [-0.1, -0.05) is 48.5 Å². The fourth-order valence-corrected chi connectivity index (χ4v) is 5.29. The number of aliphatic imine (C=N–C) groups is 1. The SMILES string of the molecule is CCNC(=NCc1cccc(-c2ncn[nH]2)c1)NC1CC2CCC(C1)N2Cc1ccccc1.I. The van der Waals surface area contributed by atoms with Crippen molar-refractivity contribution in [1.82, 2.24) is 30.7 Å². The molecule has 3 heterocycles. The van der Waals surface area contributed by atoms with Crippen LogP contribution in [0.2, 0.25) is 0 Å². The molecule has 3 aromatic rings. The van der Waals surface area contributed by atoms with Crippen molar-refractivity contribution in [2.75, 3.05) is 6.54 Å². The Bertz CT molecular complexity index is 1040. The number of guanidine groups is 1. The first-order valence-corrected chi connectivity index (χ1v) is 12.1. The predicted octanol–water partition coefficient (Wildman–Crippen LogP) is 4.34. The van der Waals surface area contributed by atoms with E-state index in [0.29, 0.717) is 24.7 Å². The number of rotatable bonds is 7. The second-order valence-electron chi connectivity index (χ2n) is 9.09. The van der Waals surface area contributed by atoms with Gasteiger partial charge in [-0.05, 0) is 49.8 Å². The molecule has 0 radical (unpaired) electrons. The van der Waals surface area contributed by atoms with Crippen LogP contribution in [0.5, 0.6) is 0 Å². The van der Waals surface area contributed by atoms with E-state index < -0.39 is 0 Å². The molecule has 2 aliphatic rings. The van der Waals surface area contributed by atoms with Crippen molar-refractivity contribution in [3.05, 3.63) is 72.1 Å². The van der Waals surface area contributed by atoms with Gasteiger partial charge in [-0.3, -0.25) is 10.00 Å². The zero-order valence-corrected chi connectivity index (χ0v) is 22.0. The first-order chi connectivity index (χ1) is 16.3. The van der Waals surface area contributed by atoms with Crippen LogP contribution in [0.4, 0.5) is 0 Å². The summed E-state index contributed by atoms with van der Waals surface area (Å²) < 4.78 is 0. The number of piperidine rings is 1. The normalized spacial score (nSPS) is 22.3. The van der Waals surface area contributed by atoms with E-state index in [2.05, 4.69) is 80.1 Å². The van der Waals surface area contributed by atoms with E-state index in [1.165, 1.54) is 37.6 Å². The molecule has 5 rings (SSSR count). The molecule has 2 bridgehead atoms. The van der Waals surface area contributed by atoms with Crippen LogP contribution in [0.3, 0.4) is 0 Å². The van der Waals surface area contributed by atoms with Crippen LogP contribution in [0.15, 0.2) is 65.9 Å². The van der Waals surface area contributed by atoms with Crippen LogP contribution in [-0.4, -0.2) is 50.7 Å². The Morgan fingerprint density at radius 1 is 1.06 bits per heavy atom. The number of nitrogens with zero attached hydrogens (tertiary/aromatic N) is 4. The van der Waals surface area contributed by atoms with E-state index in [9.17, 15) is 0 Å². The molecule has 2 unspecified atom stereocenters. The number of aromatic amines is 1. The molecule has 2 atom stereocenters. The van der Waals surface area contributed by atoms with Gasteiger partial charge in [0.1, 0.15) is 6.33 Å². The summed E-state index contributed by atoms with van der Waals surface area (Å²) >= 11 is 0. The van der Waals surface area contributed by atoms with Gasteiger partial charge in [0.15, 0.2) is 11.8 Å². The molecule has 3 N–H and O–H groups in total. The van der Waals surface area contributed by atoms with Gasteiger partial charge in [-0.15, -0.1) is 24.0 Å². The largest absolute Gasteiger partial charge is 0.357 e. The van der Waals surface area contributed by atoms with Crippen LogP contribution >= 0.6 is 24.0 Å². The van der Waals surface area contributed by atoms with Crippen molar-refractivity contribution < 1.29 is 0 Å². The third-order valence-corrected chi connectivity index (χ3v) is 6.81. The minimum Gasteiger partial charge on any atom is -0.357 e. The maximum atomic E-state index is 4.89. The highest BCUT2D eigenvalue weighted by molar-refractivity contribution is 14.0. The van der Waals surface area contributed by atoms with E-state index in [1.807, 2.05) is 12.1 Å². The summed E-state index contributed by atoms with van der Waals surface area (Å²) in [7, 11) is 0. The molecule has 8 heteroatoms. The second-order valence-corrected chi connectivity index (χ2v) is 9.09. The highest BCUT2D eigenvalue weighted by Gasteiger charge is 2.40. The lowest BCUT2D eigenvalue weighted by Gasteiger charge is -2.39. The Morgan fingerprint density at radius 3 is 2.53 bits per heavy atom. The number of aromatic nitrogens is 3. The van der Waals surface area contributed by atoms with Crippen molar-refractivity contribution >= 4 is 29.9 Å². The number of halogens is 1. The monoisotopic (exact) mass is 571 g/mol. The number of hydrogen-bond donors (Lipinski definition) is 3. The van der Waals surface area contributed by atoms with Crippen LogP contribution in [0.1, 0.15) is 43.7 Å². The Balaban J connectivity index is 0.00000274. The van der Waals surface area contributed by atoms with E-state index in [4.69, 9.17) is 4.99 Å². The summed E-state index contributed by atoms with van der Waals surface area (Å²) in [5.41, 5.74) is 3.60. The van der Waals surface area contributed by atoms with Gasteiger partial charge in [0, 0.05) is 36.8 Å². The summed E-state index contributed by atoms with van der Waals surface area (Å²) in [5.74, 6) is 1.69. The summed E-state index contributed by atoms with van der Waals surface area (Å²) in [6, 6.07) is 21.0. The second kappa shape index (κ2) is 11.8. The van der Waals surface area contributed by atoms with E-state index in [-0.39, 0.29) is 24.0 Å². The Morgan fingerprint density at radius 2 is 1.82 bits per heavy atom. The van der Waals surface area contributed by atoms with Crippen LogP contribution in [0, 0.1) is 0 Å². The van der Waals surface area contributed by atoms with Gasteiger partial charge < -0.3 is 10.6 Å². The molecule has 0 saturated carbocycles. The van der Waals surface area contributed by atoms with Gasteiger partial charge in [0.25, 0.3) is 0 Å². The van der Waals surface area contributed by atoms with Crippen LogP contribution < -0.4 is 10.6 Å². The van der Waals surface area contributed by atoms with Gasteiger partial charge in [0.2, 0.25) is 0 Å². The van der Waals surface area contributed by atoms with Crippen LogP contribution in [0.25, 0.3) is 11.4 Å². The predicted molar refractivity (Wildman–Crippen MR) is 147 cm³/mol. The molecular formula is C26H34IN7. The molecule has 2 saturated heterocycles. The Kier molecular flexibility index (Phi) is 8.55. The molecule has 7 nitrogen and oxygen atoms in total. The smallest absolute Gasteiger partial charge is 0.191 e. The highest BCUT2D eigenvalue weighted by Crippen LogP contribution is 2.36. The number of H-pyrrole nitrogens is 1. The topological polar surface area (TPSA) is 81.2 Å². The van der Waals surface area contributed by atoms with Crippen molar-refractivity contribution in [3.63, 3.8) is 0 Å². The number of nitrogens with one attached hydrogen (secondary N) is 3. The molecule has 180 valence electrons. The molecular weight excluding hydrogens is 537 g/mol. The van der Waals surface area contributed by atoms with Crippen molar-refractivity contribution in [2.24, 2.45) is 4.99 Å². The summed E-state index contributed by atoms with van der Waals surface area (Å²) in [6.45, 7) is 4.66. The highest BCUT2D eigenvalue weighted by atomic mass is 127. The Labute approximate surface area is 218 Å². The maximum Gasteiger partial charge on any atom is 0.191 e. The van der Waals surface area contributed by atoms with Gasteiger partial charge in [-0.25, -0.2) is 9.98 Å². The zero-order chi connectivity index (χ0) is 22.5. The summed E-state index contributed by atoms with van der Waals surface area (Å²) in [6.07, 6.45) is 6.49. The minimum atomic E-state index is 0. The molecule has 34 heavy (non-hydrogen) atoms. The average Bonchev–Trinajstić information content (AvgIpc) is 3.45. The van der Waals surface area contributed by atoms with Crippen LogP contribution in [-0.2, 0) is 13.1 Å². The molecule has 0 spiro atoms. The third-order valence-electron chi connectivity index (χ3n) is 6.81. The maximum absolute atomic E-state index is 4.89. The number of fused-ring (bicyclic) bond motifs is 2. The number of benzene rings is 2. The van der Waals surface area contributed by atoms with Gasteiger partial charge in [0.05, 0.1) is 6.54 Å². The molecule has 0 aliphatic carbocycles. The number of hydrogen-bond acceptors (Lipinski definition) is 4. The quantitative estimate of drug-likeness (QED) is 0.224. The zero-order valence-electron chi connectivity index (χ0n) is 19.7. The van der Waals surface area contributed by atoms with Crippen molar-refractivity contribution in [1.29, 1.82) is 0 Å². The molecule has 2 fully saturated rings. The first-order valence-electron chi connectivity index (χ1n) is 12.1. The van der Waals surface area contributed by atoms with Gasteiger partial charge in [-0.2, -0.15) is 5.10 Å². The van der Waals surface area contributed by atoms with E-state index in [1.54, 1.807) is 0 Å². The molecule has 2 aromatic carbocycles. The fourth-order valence-electron chi connectivity index (χ4n) is 5.29. The van der Waals surface area contributed by atoms with Crippen molar-refractivity contribution in [3.8, 4) is 11.4 Å². The van der Waals surface area contributed by atoms with Gasteiger partial charge >= 0.3 is 0 Å². The standard InChI is InChI=1S/C26H33N7.HI/c1-2-27-26(28-16-20-9-6-10-21(13-20)25-29-18-30-32-25)31-22-14-23-11-12-24(15-22)33(23)17-19-7-4-3-5-8-19;/h3-10,13,18,22-24H,2,11-12,14-17H2,1H3,(H2,27,28,31)(H,29,30,32);1H. The molecule has 1 aromatic heterocycles. The molecule has 2 aliphatic heterocycles. The third kappa shape index (κ3) is 5.96. The van der Waals surface area contributed by atoms with E-state index >= 15 is 0 Å². The molecule has 0 amide bonds. The lowest BCUT2D eigenvalue weighted by Crippen LogP contribution is -2.52. The average molecular weight is 572 g/mol. The van der Waals surface area contributed by atoms with Crippen molar-refractivity contribution in [2.45, 2.75) is 63.8 Å². The fraction of sp³-hybridized carbons (Fsp3) is 0.423. The van der Waals surface area contributed by atoms with E-state index in [0.717, 1.165) is 36.0 Å². The summed E-state index contributed by atoms with van der Waals surface area (Å²) in [4.78, 5) is 11.9. The minimum absolute atomic E-state index is 0. The lowest BCUT2D eigenvalue weighted by molar-refractivity contribution is 0.114.